The standard InChI is InChI=1S/C15H17N3O2S/c1-20-12-7-5-6-11(10-12)13-14(21-17-16-13)15(19)18-8-3-2-4-9-18/h5-7,10H,2-4,8-9H2,1H3. The Morgan fingerprint density at radius 1 is 1.29 bits per heavy atom. The maximum absolute atomic E-state index is 12.6. The molecule has 0 aliphatic carbocycles. The molecule has 1 aliphatic rings. The van der Waals surface area contributed by atoms with Gasteiger partial charge in [-0.1, -0.05) is 16.6 Å². The molecule has 5 nitrogen and oxygen atoms in total. The molecule has 0 unspecified atom stereocenters. The molecule has 110 valence electrons. The van der Waals surface area contributed by atoms with Crippen molar-refractivity contribution in [2.24, 2.45) is 0 Å². The molecule has 6 heteroatoms. The van der Waals surface area contributed by atoms with E-state index in [1.165, 1.54) is 18.0 Å². The number of piperidine rings is 1. The van der Waals surface area contributed by atoms with Crippen molar-refractivity contribution < 1.29 is 9.53 Å². The number of nitrogens with zero attached hydrogens (tertiary/aromatic N) is 3. The van der Waals surface area contributed by atoms with Crippen molar-refractivity contribution in [1.82, 2.24) is 14.5 Å². The minimum Gasteiger partial charge on any atom is -0.497 e. The van der Waals surface area contributed by atoms with Crippen LogP contribution in [0.1, 0.15) is 28.9 Å². The number of benzene rings is 1. The molecule has 21 heavy (non-hydrogen) atoms. The van der Waals surface area contributed by atoms with E-state index in [-0.39, 0.29) is 5.91 Å². The number of carbonyl (C=O) groups excluding carboxylic acids is 1. The highest BCUT2D eigenvalue weighted by atomic mass is 32.1. The van der Waals surface area contributed by atoms with E-state index in [1.54, 1.807) is 7.11 Å². The Kier molecular flexibility index (Phi) is 4.15. The maximum atomic E-state index is 12.6. The van der Waals surface area contributed by atoms with Crippen molar-refractivity contribution in [2.45, 2.75) is 19.3 Å². The predicted octanol–water partition coefficient (Wildman–Crippen LogP) is 2.84. The number of carbonyl (C=O) groups is 1. The fourth-order valence-electron chi connectivity index (χ4n) is 2.53. The minimum absolute atomic E-state index is 0.0440. The molecule has 1 saturated heterocycles. The van der Waals surface area contributed by atoms with E-state index in [4.69, 9.17) is 4.74 Å². The lowest BCUT2D eigenvalue weighted by atomic mass is 10.1. The summed E-state index contributed by atoms with van der Waals surface area (Å²) in [6, 6.07) is 7.56. The first kappa shape index (κ1) is 14.0. The molecule has 2 heterocycles. The summed E-state index contributed by atoms with van der Waals surface area (Å²) in [7, 11) is 1.62. The van der Waals surface area contributed by atoms with Crippen LogP contribution in [0.2, 0.25) is 0 Å². The molecule has 0 saturated carbocycles. The van der Waals surface area contributed by atoms with Crippen LogP contribution in [-0.2, 0) is 0 Å². The number of hydrogen-bond acceptors (Lipinski definition) is 5. The van der Waals surface area contributed by atoms with E-state index < -0.39 is 0 Å². The number of rotatable bonds is 3. The SMILES string of the molecule is COc1cccc(-c2nnsc2C(=O)N2CCCCC2)c1. The topological polar surface area (TPSA) is 55.3 Å². The van der Waals surface area contributed by atoms with Gasteiger partial charge in [-0.05, 0) is 42.9 Å². The summed E-state index contributed by atoms with van der Waals surface area (Å²) in [5.41, 5.74) is 1.51. The summed E-state index contributed by atoms with van der Waals surface area (Å²) in [5.74, 6) is 0.791. The van der Waals surface area contributed by atoms with Crippen molar-refractivity contribution >= 4 is 17.4 Å². The van der Waals surface area contributed by atoms with Gasteiger partial charge in [-0.25, -0.2) is 0 Å². The average Bonchev–Trinajstić information content (AvgIpc) is 3.04. The Balaban J connectivity index is 1.91. The van der Waals surface area contributed by atoms with Crippen LogP contribution in [0.4, 0.5) is 0 Å². The van der Waals surface area contributed by atoms with E-state index in [9.17, 15) is 4.79 Å². The Labute approximate surface area is 127 Å². The predicted molar refractivity (Wildman–Crippen MR) is 81.7 cm³/mol. The van der Waals surface area contributed by atoms with Crippen LogP contribution in [0, 0.1) is 0 Å². The molecule has 1 amide bonds. The molecular formula is C15H17N3O2S. The number of methoxy groups -OCH3 is 1. The molecule has 0 N–H and O–H groups in total. The lowest BCUT2D eigenvalue weighted by molar-refractivity contribution is 0.0730. The van der Waals surface area contributed by atoms with Gasteiger partial charge in [0, 0.05) is 18.7 Å². The molecular weight excluding hydrogens is 286 g/mol. The highest BCUT2D eigenvalue weighted by molar-refractivity contribution is 7.08. The second-order valence-electron chi connectivity index (χ2n) is 5.04. The third-order valence-electron chi connectivity index (χ3n) is 3.67. The van der Waals surface area contributed by atoms with Gasteiger partial charge >= 0.3 is 0 Å². The van der Waals surface area contributed by atoms with Gasteiger partial charge in [-0.2, -0.15) is 0 Å². The lowest BCUT2D eigenvalue weighted by Crippen LogP contribution is -2.35. The number of ether oxygens (including phenoxy) is 1. The summed E-state index contributed by atoms with van der Waals surface area (Å²) in [5, 5.41) is 4.14. The molecule has 2 aromatic rings. The van der Waals surface area contributed by atoms with Crippen LogP contribution in [-0.4, -0.2) is 40.6 Å². The van der Waals surface area contributed by atoms with Crippen molar-refractivity contribution in [3.63, 3.8) is 0 Å². The summed E-state index contributed by atoms with van der Waals surface area (Å²) in [6.45, 7) is 1.66. The van der Waals surface area contributed by atoms with E-state index in [2.05, 4.69) is 9.59 Å². The van der Waals surface area contributed by atoms with Crippen LogP contribution in [0.3, 0.4) is 0 Å². The fraction of sp³-hybridized carbons (Fsp3) is 0.400. The van der Waals surface area contributed by atoms with Crippen LogP contribution < -0.4 is 4.74 Å². The normalized spacial score (nSPS) is 15.0. The molecule has 1 aromatic carbocycles. The number of aromatic nitrogens is 2. The molecule has 0 bridgehead atoms. The van der Waals surface area contributed by atoms with Crippen molar-refractivity contribution in [1.29, 1.82) is 0 Å². The zero-order valence-corrected chi connectivity index (χ0v) is 12.7. The number of likely N-dealkylation sites (tertiary alicyclic amines) is 1. The smallest absolute Gasteiger partial charge is 0.267 e. The lowest BCUT2D eigenvalue weighted by Gasteiger charge is -2.26. The first-order chi connectivity index (χ1) is 10.3. The second kappa shape index (κ2) is 6.22. The molecule has 1 fully saturated rings. The van der Waals surface area contributed by atoms with E-state index in [0.717, 1.165) is 37.2 Å². The van der Waals surface area contributed by atoms with E-state index in [0.29, 0.717) is 10.6 Å². The largest absolute Gasteiger partial charge is 0.497 e. The third-order valence-corrected chi connectivity index (χ3v) is 4.38. The summed E-state index contributed by atoms with van der Waals surface area (Å²) in [6.07, 6.45) is 3.35. The van der Waals surface area contributed by atoms with Gasteiger partial charge in [0.2, 0.25) is 0 Å². The Hall–Kier alpha value is -1.95. The van der Waals surface area contributed by atoms with Gasteiger partial charge in [0.05, 0.1) is 7.11 Å². The van der Waals surface area contributed by atoms with Crippen LogP contribution >= 0.6 is 11.5 Å². The monoisotopic (exact) mass is 303 g/mol. The average molecular weight is 303 g/mol. The first-order valence-corrected chi connectivity index (χ1v) is 7.83. The second-order valence-corrected chi connectivity index (χ2v) is 5.79. The molecule has 1 aromatic heterocycles. The molecule has 0 spiro atoms. The van der Waals surface area contributed by atoms with Crippen molar-refractivity contribution in [3.8, 4) is 17.0 Å². The van der Waals surface area contributed by atoms with Crippen LogP contribution in [0.25, 0.3) is 11.3 Å². The van der Waals surface area contributed by atoms with Gasteiger partial charge in [0.25, 0.3) is 5.91 Å². The van der Waals surface area contributed by atoms with Gasteiger partial charge in [0.1, 0.15) is 16.3 Å². The van der Waals surface area contributed by atoms with Gasteiger partial charge < -0.3 is 9.64 Å². The van der Waals surface area contributed by atoms with E-state index in [1.807, 2.05) is 29.2 Å². The fourth-order valence-corrected chi connectivity index (χ4v) is 3.19. The molecule has 1 aliphatic heterocycles. The van der Waals surface area contributed by atoms with Gasteiger partial charge in [-0.15, -0.1) is 5.10 Å². The summed E-state index contributed by atoms with van der Waals surface area (Å²) in [4.78, 5) is 15.2. The Morgan fingerprint density at radius 2 is 2.10 bits per heavy atom. The molecule has 0 atom stereocenters. The quantitative estimate of drug-likeness (QED) is 0.875. The summed E-state index contributed by atoms with van der Waals surface area (Å²) >= 11 is 1.17. The van der Waals surface area contributed by atoms with Crippen LogP contribution in [0.5, 0.6) is 5.75 Å². The maximum Gasteiger partial charge on any atom is 0.267 e. The van der Waals surface area contributed by atoms with Gasteiger partial charge in [0.15, 0.2) is 0 Å². The Bertz CT molecular complexity index is 635. The van der Waals surface area contributed by atoms with Gasteiger partial charge in [-0.3, -0.25) is 4.79 Å². The minimum atomic E-state index is 0.0440. The molecule has 3 rings (SSSR count). The highest BCUT2D eigenvalue weighted by Crippen LogP contribution is 2.28. The molecule has 0 radical (unpaired) electrons. The first-order valence-electron chi connectivity index (χ1n) is 7.05. The number of amides is 1. The Morgan fingerprint density at radius 3 is 2.86 bits per heavy atom. The number of hydrogen-bond donors (Lipinski definition) is 0. The summed E-state index contributed by atoms with van der Waals surface area (Å²) < 4.78 is 9.20. The van der Waals surface area contributed by atoms with E-state index >= 15 is 0 Å². The van der Waals surface area contributed by atoms with Crippen LogP contribution in [0.15, 0.2) is 24.3 Å². The van der Waals surface area contributed by atoms with Crippen molar-refractivity contribution in [3.05, 3.63) is 29.1 Å². The van der Waals surface area contributed by atoms with Crippen molar-refractivity contribution in [2.75, 3.05) is 20.2 Å². The zero-order valence-electron chi connectivity index (χ0n) is 11.9. The highest BCUT2D eigenvalue weighted by Gasteiger charge is 2.24. The zero-order chi connectivity index (χ0) is 14.7. The third kappa shape index (κ3) is 2.90.